The molecule has 2 aromatic heterocycles. The Morgan fingerprint density at radius 3 is 1.19 bits per heavy atom. The van der Waals surface area contributed by atoms with Crippen LogP contribution in [0.5, 0.6) is 11.5 Å². The van der Waals surface area contributed by atoms with Crippen LogP contribution in [0.4, 0.5) is 0 Å². The maximum atomic E-state index is 13.9. The third kappa shape index (κ3) is 3.77. The summed E-state index contributed by atoms with van der Waals surface area (Å²) in [5, 5.41) is 7.19. The number of thiophene rings is 2. The standard InChI is InChI=1S/C36H34O4S2/c1-15(2)13-39-31-27-25-21-9-17(5)19(7)11-23(21)29(37)33(25)42-36(27)32(40-14-16(3)4)28-26-22-10-18(6)20(8)12-24(22)30(38)34(26)41-35(28)31/h9-12,15-16H,13-14H2,1-8H3. The molecule has 0 fully saturated rings. The van der Waals surface area contributed by atoms with Crippen molar-refractivity contribution in [2.24, 2.45) is 11.8 Å². The Hall–Kier alpha value is -3.48. The third-order valence-electron chi connectivity index (χ3n) is 8.51. The van der Waals surface area contributed by atoms with Gasteiger partial charge in [-0.2, -0.15) is 0 Å². The predicted octanol–water partition coefficient (Wildman–Crippen LogP) is 9.63. The van der Waals surface area contributed by atoms with E-state index in [1.54, 1.807) is 0 Å². The van der Waals surface area contributed by atoms with Crippen molar-refractivity contribution in [3.63, 3.8) is 0 Å². The molecule has 42 heavy (non-hydrogen) atoms. The summed E-state index contributed by atoms with van der Waals surface area (Å²) in [5.41, 5.74) is 4.65. The Morgan fingerprint density at radius 1 is 0.524 bits per heavy atom. The van der Waals surface area contributed by atoms with Crippen molar-refractivity contribution in [1.82, 2.24) is 0 Å². The van der Waals surface area contributed by atoms with Crippen LogP contribution in [0.25, 0.3) is 61.9 Å². The SMILES string of the molecule is Cc1cc2c(=O)c3sc4c(OCC(C)C)c5c(sc6c(=O)c7cc(C)c(C)cc7c65)c(OCC(C)C)c4c3c2cc1C. The highest BCUT2D eigenvalue weighted by Crippen LogP contribution is 2.56. The van der Waals surface area contributed by atoms with Crippen molar-refractivity contribution in [3.8, 4) is 11.5 Å². The first-order chi connectivity index (χ1) is 20.0. The Kier molecular flexibility index (Phi) is 6.20. The Labute approximate surface area is 252 Å². The van der Waals surface area contributed by atoms with Gasteiger partial charge >= 0.3 is 0 Å². The zero-order valence-electron chi connectivity index (χ0n) is 25.3. The van der Waals surface area contributed by atoms with Crippen LogP contribution in [0.3, 0.4) is 0 Å². The van der Waals surface area contributed by atoms with Crippen molar-refractivity contribution < 1.29 is 9.47 Å². The first-order valence-electron chi connectivity index (χ1n) is 14.6. The zero-order valence-corrected chi connectivity index (χ0v) is 27.0. The smallest absolute Gasteiger partial charge is 0.204 e. The van der Waals surface area contributed by atoms with E-state index in [1.165, 1.54) is 22.7 Å². The molecule has 0 unspecified atom stereocenters. The molecule has 0 atom stereocenters. The van der Waals surface area contributed by atoms with Crippen molar-refractivity contribution in [2.75, 3.05) is 13.2 Å². The van der Waals surface area contributed by atoms with Crippen molar-refractivity contribution in [3.05, 3.63) is 67.0 Å². The van der Waals surface area contributed by atoms with E-state index in [9.17, 15) is 9.59 Å². The fourth-order valence-corrected chi connectivity index (χ4v) is 8.66. The summed E-state index contributed by atoms with van der Waals surface area (Å²) in [6.45, 7) is 17.9. The second-order valence-corrected chi connectivity index (χ2v) is 14.8. The molecular weight excluding hydrogens is 561 g/mol. The summed E-state index contributed by atoms with van der Waals surface area (Å²) in [5.74, 6) is 2.13. The number of aryl methyl sites for hydroxylation is 4. The average Bonchev–Trinajstić information content (AvgIpc) is 3.64. The van der Waals surface area contributed by atoms with E-state index in [0.29, 0.717) is 25.0 Å². The van der Waals surface area contributed by atoms with Gasteiger partial charge in [0.15, 0.2) is 0 Å². The minimum atomic E-state index is 0.0640. The monoisotopic (exact) mass is 594 g/mol. The van der Waals surface area contributed by atoms with Gasteiger partial charge in [-0.15, -0.1) is 22.7 Å². The lowest BCUT2D eigenvalue weighted by Crippen LogP contribution is -2.07. The topological polar surface area (TPSA) is 52.6 Å². The quantitative estimate of drug-likeness (QED) is 0.192. The van der Waals surface area contributed by atoms with Crippen LogP contribution in [0.1, 0.15) is 49.9 Å². The number of hydrogen-bond acceptors (Lipinski definition) is 6. The highest BCUT2D eigenvalue weighted by atomic mass is 32.1. The molecule has 2 heterocycles. The highest BCUT2D eigenvalue weighted by molar-refractivity contribution is 7.28. The molecule has 7 rings (SSSR count). The normalized spacial score (nSPS) is 12.6. The Morgan fingerprint density at radius 2 is 0.857 bits per heavy atom. The molecule has 0 bridgehead atoms. The first kappa shape index (κ1) is 27.4. The molecule has 6 heteroatoms. The lowest BCUT2D eigenvalue weighted by atomic mass is 10.0. The summed E-state index contributed by atoms with van der Waals surface area (Å²) in [6, 6.07) is 8.33. The van der Waals surface area contributed by atoms with Crippen LogP contribution >= 0.6 is 22.7 Å². The van der Waals surface area contributed by atoms with Crippen LogP contribution in [-0.2, 0) is 0 Å². The molecule has 0 saturated carbocycles. The first-order valence-corrected chi connectivity index (χ1v) is 16.3. The maximum Gasteiger partial charge on any atom is 0.204 e. The lowest BCUT2D eigenvalue weighted by molar-refractivity contribution is 0.273. The fourth-order valence-electron chi connectivity index (χ4n) is 6.12. The summed E-state index contributed by atoms with van der Waals surface area (Å²) in [6.07, 6.45) is 0. The molecule has 0 saturated heterocycles. The van der Waals surface area contributed by atoms with Gasteiger partial charge in [0.25, 0.3) is 0 Å². The highest BCUT2D eigenvalue weighted by Gasteiger charge is 2.30. The van der Waals surface area contributed by atoms with E-state index >= 15 is 0 Å². The van der Waals surface area contributed by atoms with Gasteiger partial charge in [-0.1, -0.05) is 39.8 Å². The van der Waals surface area contributed by atoms with Gasteiger partial charge in [0.05, 0.1) is 32.0 Å². The molecule has 5 aromatic carbocycles. The number of hydrogen-bond donors (Lipinski definition) is 0. The summed E-state index contributed by atoms with van der Waals surface area (Å²) in [7, 11) is 0. The lowest BCUT2D eigenvalue weighted by Gasteiger charge is -2.16. The summed E-state index contributed by atoms with van der Waals surface area (Å²) >= 11 is 3.01. The van der Waals surface area contributed by atoms with E-state index in [1.807, 2.05) is 12.1 Å². The largest absolute Gasteiger partial charge is 0.491 e. The second-order valence-electron chi connectivity index (χ2n) is 12.7. The van der Waals surface area contributed by atoms with Crippen LogP contribution in [0.2, 0.25) is 0 Å². The number of rotatable bonds is 6. The molecular formula is C36H34O4S2. The molecule has 0 aliphatic heterocycles. The van der Waals surface area contributed by atoms with Crippen LogP contribution in [0.15, 0.2) is 33.9 Å². The molecule has 0 aliphatic carbocycles. The van der Waals surface area contributed by atoms with E-state index in [0.717, 1.165) is 95.6 Å². The van der Waals surface area contributed by atoms with Gasteiger partial charge in [0.1, 0.15) is 11.5 Å². The van der Waals surface area contributed by atoms with Gasteiger partial charge in [-0.25, -0.2) is 0 Å². The predicted molar refractivity (Wildman–Crippen MR) is 182 cm³/mol. The molecule has 0 aliphatic rings. The maximum absolute atomic E-state index is 13.9. The molecule has 4 nitrogen and oxygen atoms in total. The van der Waals surface area contributed by atoms with Gasteiger partial charge < -0.3 is 9.47 Å². The van der Waals surface area contributed by atoms with E-state index in [2.05, 4.69) is 67.5 Å². The molecule has 0 amide bonds. The molecule has 0 N–H and O–H groups in total. The van der Waals surface area contributed by atoms with E-state index in [4.69, 9.17) is 9.47 Å². The molecule has 0 radical (unpaired) electrons. The average molecular weight is 595 g/mol. The molecule has 0 spiro atoms. The van der Waals surface area contributed by atoms with Crippen molar-refractivity contribution in [2.45, 2.75) is 55.4 Å². The second kappa shape index (κ2) is 9.51. The minimum absolute atomic E-state index is 0.0640. The third-order valence-corrected chi connectivity index (χ3v) is 10.9. The van der Waals surface area contributed by atoms with Crippen LogP contribution < -0.4 is 20.3 Å². The zero-order chi connectivity index (χ0) is 29.8. The van der Waals surface area contributed by atoms with Crippen LogP contribution in [0, 0.1) is 39.5 Å². The molecule has 214 valence electrons. The van der Waals surface area contributed by atoms with Crippen LogP contribution in [-0.4, -0.2) is 13.2 Å². The minimum Gasteiger partial charge on any atom is -0.491 e. The van der Waals surface area contributed by atoms with Crippen molar-refractivity contribution >= 4 is 84.6 Å². The van der Waals surface area contributed by atoms with Gasteiger partial charge in [-0.05, 0) is 84.7 Å². The van der Waals surface area contributed by atoms with Gasteiger partial charge in [0.2, 0.25) is 10.9 Å². The fraction of sp³-hybridized carbons (Fsp3) is 0.333. The Bertz CT molecular complexity index is 2170. The number of fused-ring (bicyclic) bond motifs is 10. The van der Waals surface area contributed by atoms with Crippen molar-refractivity contribution in [1.29, 1.82) is 0 Å². The van der Waals surface area contributed by atoms with E-state index < -0.39 is 0 Å². The van der Waals surface area contributed by atoms with Gasteiger partial charge in [-0.3, -0.25) is 9.59 Å². The number of benzene rings is 3. The molecule has 7 aromatic rings. The van der Waals surface area contributed by atoms with Gasteiger partial charge in [0, 0.05) is 32.3 Å². The summed E-state index contributed by atoms with van der Waals surface area (Å²) < 4.78 is 16.7. The number of ether oxygens (including phenoxy) is 2. The Balaban J connectivity index is 1.74. The summed E-state index contributed by atoms with van der Waals surface area (Å²) in [4.78, 5) is 27.7. The van der Waals surface area contributed by atoms with E-state index in [-0.39, 0.29) is 10.9 Å².